The summed E-state index contributed by atoms with van der Waals surface area (Å²) in [6, 6.07) is 3.62. The highest BCUT2D eigenvalue weighted by atomic mass is 16.3. The number of hydrogen-bond acceptors (Lipinski definition) is 4. The van der Waals surface area contributed by atoms with Crippen LogP contribution in [-0.4, -0.2) is 45.4 Å². The van der Waals surface area contributed by atoms with Gasteiger partial charge in [0, 0.05) is 25.8 Å². The van der Waals surface area contributed by atoms with Gasteiger partial charge in [-0.05, 0) is 25.0 Å². The van der Waals surface area contributed by atoms with Crippen LogP contribution in [0.25, 0.3) is 0 Å². The fourth-order valence-corrected chi connectivity index (χ4v) is 3.02. The zero-order chi connectivity index (χ0) is 17.3. The lowest BCUT2D eigenvalue weighted by Crippen LogP contribution is -2.53. The SMILES string of the molecule is Cc1ncoc1C(=O)NCC1Cn2cccc2C(=O)N1CC(C)C. The predicted molar refractivity (Wildman–Crippen MR) is 87.7 cm³/mol. The standard InChI is InChI=1S/C17H22N4O3/c1-11(2)8-21-13(9-20-6-4-5-14(20)17(21)23)7-18-16(22)15-12(3)19-10-24-15/h4-6,10-11,13H,7-9H2,1-3H3,(H,18,22). The van der Waals surface area contributed by atoms with Crippen LogP contribution in [0, 0.1) is 12.8 Å². The Balaban J connectivity index is 1.74. The second-order valence-electron chi connectivity index (χ2n) is 6.53. The zero-order valence-corrected chi connectivity index (χ0v) is 14.2. The average molecular weight is 330 g/mol. The third-order valence-corrected chi connectivity index (χ3v) is 4.17. The molecule has 1 unspecified atom stereocenters. The van der Waals surface area contributed by atoms with Crippen molar-refractivity contribution in [3.8, 4) is 0 Å². The Morgan fingerprint density at radius 2 is 2.29 bits per heavy atom. The van der Waals surface area contributed by atoms with Crippen LogP contribution in [0.2, 0.25) is 0 Å². The summed E-state index contributed by atoms with van der Waals surface area (Å²) in [5.41, 5.74) is 1.25. The minimum absolute atomic E-state index is 0.00930. The molecule has 128 valence electrons. The molecule has 0 fully saturated rings. The van der Waals surface area contributed by atoms with Gasteiger partial charge in [0.15, 0.2) is 6.39 Å². The smallest absolute Gasteiger partial charge is 0.289 e. The Morgan fingerprint density at radius 3 is 2.96 bits per heavy atom. The molecule has 7 heteroatoms. The summed E-state index contributed by atoms with van der Waals surface area (Å²) in [6.45, 7) is 7.57. The topological polar surface area (TPSA) is 80.4 Å². The first kappa shape index (κ1) is 16.3. The number of nitrogens with zero attached hydrogens (tertiary/aromatic N) is 3. The van der Waals surface area contributed by atoms with Crippen molar-refractivity contribution in [2.75, 3.05) is 13.1 Å². The number of amides is 2. The lowest BCUT2D eigenvalue weighted by molar-refractivity contribution is 0.0552. The van der Waals surface area contributed by atoms with Crippen molar-refractivity contribution in [1.29, 1.82) is 0 Å². The van der Waals surface area contributed by atoms with Gasteiger partial charge in [-0.3, -0.25) is 9.59 Å². The third kappa shape index (κ3) is 3.06. The maximum atomic E-state index is 12.7. The Labute approximate surface area is 140 Å². The Kier molecular flexibility index (Phi) is 4.42. The first-order valence-electron chi connectivity index (χ1n) is 8.11. The van der Waals surface area contributed by atoms with Crippen molar-refractivity contribution in [2.45, 2.75) is 33.4 Å². The number of rotatable bonds is 5. The number of carbonyl (C=O) groups is 2. The van der Waals surface area contributed by atoms with Crippen LogP contribution in [0.3, 0.4) is 0 Å². The number of oxazole rings is 1. The zero-order valence-electron chi connectivity index (χ0n) is 14.2. The van der Waals surface area contributed by atoms with E-state index in [4.69, 9.17) is 4.42 Å². The molecular formula is C17H22N4O3. The van der Waals surface area contributed by atoms with Gasteiger partial charge in [-0.25, -0.2) is 4.98 Å². The van der Waals surface area contributed by atoms with Gasteiger partial charge in [0.2, 0.25) is 5.76 Å². The van der Waals surface area contributed by atoms with Crippen LogP contribution in [-0.2, 0) is 6.54 Å². The molecule has 2 aromatic rings. The number of nitrogens with one attached hydrogen (secondary N) is 1. The van der Waals surface area contributed by atoms with Gasteiger partial charge < -0.3 is 19.2 Å². The molecule has 1 N–H and O–H groups in total. The molecule has 0 bridgehead atoms. The van der Waals surface area contributed by atoms with Crippen LogP contribution in [0.15, 0.2) is 29.1 Å². The molecule has 0 aliphatic carbocycles. The van der Waals surface area contributed by atoms with Gasteiger partial charge in [0.1, 0.15) is 5.69 Å². The number of fused-ring (bicyclic) bond motifs is 1. The highest BCUT2D eigenvalue weighted by Gasteiger charge is 2.32. The van der Waals surface area contributed by atoms with E-state index in [1.54, 1.807) is 6.92 Å². The van der Waals surface area contributed by atoms with Gasteiger partial charge in [0.05, 0.1) is 11.7 Å². The molecule has 0 aromatic carbocycles. The van der Waals surface area contributed by atoms with E-state index in [2.05, 4.69) is 24.1 Å². The molecule has 1 aliphatic heterocycles. The largest absolute Gasteiger partial charge is 0.438 e. The normalized spacial score (nSPS) is 17.2. The van der Waals surface area contributed by atoms with Gasteiger partial charge in [-0.2, -0.15) is 0 Å². The number of carbonyl (C=O) groups excluding carboxylic acids is 2. The molecule has 3 rings (SSSR count). The predicted octanol–water partition coefficient (Wildman–Crippen LogP) is 1.69. The maximum absolute atomic E-state index is 12.7. The lowest BCUT2D eigenvalue weighted by Gasteiger charge is -2.37. The van der Waals surface area contributed by atoms with E-state index in [0.29, 0.717) is 36.9 Å². The van der Waals surface area contributed by atoms with Gasteiger partial charge in [0.25, 0.3) is 11.8 Å². The first-order valence-corrected chi connectivity index (χ1v) is 8.11. The molecule has 2 aromatic heterocycles. The van der Waals surface area contributed by atoms with Crippen LogP contribution < -0.4 is 5.32 Å². The number of hydrogen-bond donors (Lipinski definition) is 1. The lowest BCUT2D eigenvalue weighted by atomic mass is 10.1. The van der Waals surface area contributed by atoms with Gasteiger partial charge in [-0.1, -0.05) is 13.8 Å². The van der Waals surface area contributed by atoms with Crippen molar-refractivity contribution >= 4 is 11.8 Å². The third-order valence-electron chi connectivity index (χ3n) is 4.17. The Morgan fingerprint density at radius 1 is 1.50 bits per heavy atom. The van der Waals surface area contributed by atoms with Crippen LogP contribution in [0.4, 0.5) is 0 Å². The summed E-state index contributed by atoms with van der Waals surface area (Å²) in [5.74, 6) is 0.273. The maximum Gasteiger partial charge on any atom is 0.289 e. The van der Waals surface area contributed by atoms with Gasteiger partial charge in [-0.15, -0.1) is 0 Å². The van der Waals surface area contributed by atoms with Crippen LogP contribution >= 0.6 is 0 Å². The highest BCUT2D eigenvalue weighted by Crippen LogP contribution is 2.19. The highest BCUT2D eigenvalue weighted by molar-refractivity contribution is 5.94. The molecule has 0 saturated heterocycles. The van der Waals surface area contributed by atoms with E-state index in [0.717, 1.165) is 0 Å². The fourth-order valence-electron chi connectivity index (χ4n) is 3.02. The van der Waals surface area contributed by atoms with Crippen molar-refractivity contribution in [3.63, 3.8) is 0 Å². The van der Waals surface area contributed by atoms with E-state index in [-0.39, 0.29) is 23.6 Å². The van der Waals surface area contributed by atoms with E-state index >= 15 is 0 Å². The molecule has 24 heavy (non-hydrogen) atoms. The molecule has 0 saturated carbocycles. The summed E-state index contributed by atoms with van der Waals surface area (Å²) in [4.78, 5) is 30.7. The molecule has 1 atom stereocenters. The molecule has 7 nitrogen and oxygen atoms in total. The summed E-state index contributed by atoms with van der Waals surface area (Å²) < 4.78 is 7.05. The molecular weight excluding hydrogens is 308 g/mol. The van der Waals surface area contributed by atoms with E-state index in [9.17, 15) is 9.59 Å². The number of aryl methyl sites for hydroxylation is 1. The monoisotopic (exact) mass is 330 g/mol. The summed E-state index contributed by atoms with van der Waals surface area (Å²) in [6.07, 6.45) is 3.15. The minimum Gasteiger partial charge on any atom is -0.438 e. The first-order chi connectivity index (χ1) is 11.5. The van der Waals surface area contributed by atoms with Crippen LogP contribution in [0.1, 0.15) is 40.6 Å². The summed E-state index contributed by atoms with van der Waals surface area (Å²) in [7, 11) is 0. The molecule has 3 heterocycles. The van der Waals surface area contributed by atoms with E-state index in [1.165, 1.54) is 6.39 Å². The molecule has 0 radical (unpaired) electrons. The molecule has 1 aliphatic rings. The molecule has 0 spiro atoms. The van der Waals surface area contributed by atoms with E-state index < -0.39 is 0 Å². The Bertz CT molecular complexity index is 747. The van der Waals surface area contributed by atoms with Gasteiger partial charge >= 0.3 is 0 Å². The second-order valence-corrected chi connectivity index (χ2v) is 6.53. The van der Waals surface area contributed by atoms with Crippen molar-refractivity contribution in [3.05, 3.63) is 41.9 Å². The summed E-state index contributed by atoms with van der Waals surface area (Å²) >= 11 is 0. The van der Waals surface area contributed by atoms with Crippen molar-refractivity contribution < 1.29 is 14.0 Å². The minimum atomic E-state index is -0.305. The fraction of sp³-hybridized carbons (Fsp3) is 0.471. The van der Waals surface area contributed by atoms with Crippen LogP contribution in [0.5, 0.6) is 0 Å². The summed E-state index contributed by atoms with van der Waals surface area (Å²) in [5, 5.41) is 2.86. The van der Waals surface area contributed by atoms with Crippen molar-refractivity contribution in [2.24, 2.45) is 5.92 Å². The second kappa shape index (κ2) is 6.51. The quantitative estimate of drug-likeness (QED) is 0.905. The number of aromatic nitrogens is 2. The average Bonchev–Trinajstić information content (AvgIpc) is 3.16. The Hall–Kier alpha value is -2.57. The van der Waals surface area contributed by atoms with E-state index in [1.807, 2.05) is 27.8 Å². The molecule has 2 amide bonds. The van der Waals surface area contributed by atoms with Crippen molar-refractivity contribution in [1.82, 2.24) is 19.8 Å².